The van der Waals surface area contributed by atoms with Gasteiger partial charge >= 0.3 is 6.85 Å². The number of fused-ring (bicyclic) bond motifs is 10. The van der Waals surface area contributed by atoms with Crippen LogP contribution in [-0.2, 0) is 27.1 Å². The first-order chi connectivity index (χ1) is 43.4. The van der Waals surface area contributed by atoms with Crippen molar-refractivity contribution >= 4 is 63.3 Å². The highest BCUT2D eigenvalue weighted by Gasteiger charge is 2.51. The first kappa shape index (κ1) is 57.9. The number of rotatable bonds is 7. The molecule has 91 heavy (non-hydrogen) atoms. The van der Waals surface area contributed by atoms with E-state index in [-0.39, 0.29) is 27.1 Å². The summed E-state index contributed by atoms with van der Waals surface area (Å²) in [6.07, 6.45) is 0. The summed E-state index contributed by atoms with van der Waals surface area (Å²) in [6, 6.07) is 86.7. The first-order valence-corrected chi connectivity index (χ1v) is 32.5. The fourth-order valence-electron chi connectivity index (χ4n) is 14.7. The lowest BCUT2D eigenvalue weighted by Crippen LogP contribution is -2.62. The van der Waals surface area contributed by atoms with Crippen molar-refractivity contribution in [3.63, 3.8) is 0 Å². The smallest absolute Gasteiger partial charge is 0.333 e. The van der Waals surface area contributed by atoms with Crippen molar-refractivity contribution in [2.45, 2.75) is 124 Å². The molecule has 15 rings (SSSR count). The number of benzene rings is 11. The van der Waals surface area contributed by atoms with Gasteiger partial charge in [0.05, 0.1) is 5.69 Å². The van der Waals surface area contributed by atoms with Gasteiger partial charge in [0.1, 0.15) is 0 Å². The highest BCUT2D eigenvalue weighted by atomic mass is 16.6. The van der Waals surface area contributed by atoms with Crippen molar-refractivity contribution in [1.29, 1.82) is 0 Å². The summed E-state index contributed by atoms with van der Waals surface area (Å²) in [7, 11) is 0. The molecule has 3 heterocycles. The van der Waals surface area contributed by atoms with Crippen molar-refractivity contribution in [3.05, 3.63) is 264 Å². The third-order valence-electron chi connectivity index (χ3n) is 19.7. The fraction of sp³-hybridized carbons (Fsp3) is 0.224. The van der Waals surface area contributed by atoms with Crippen molar-refractivity contribution in [1.82, 2.24) is 0 Å². The highest BCUT2D eigenvalue weighted by molar-refractivity contribution is 6.94. The molecule has 0 aromatic heterocycles. The minimum absolute atomic E-state index is 0.0202. The highest BCUT2D eigenvalue weighted by Crippen LogP contribution is 2.60. The molecule has 5 nitrogen and oxygen atoms in total. The molecule has 4 aliphatic rings. The molecule has 11 aromatic carbocycles. The van der Waals surface area contributed by atoms with Crippen LogP contribution in [0.5, 0.6) is 23.0 Å². The van der Waals surface area contributed by atoms with Crippen LogP contribution in [0.2, 0.25) is 0 Å². The van der Waals surface area contributed by atoms with E-state index < -0.39 is 6.85 Å². The Morgan fingerprint density at radius 1 is 0.352 bits per heavy atom. The predicted octanol–water partition coefficient (Wildman–Crippen LogP) is 22.6. The molecule has 0 radical (unpaired) electrons. The van der Waals surface area contributed by atoms with E-state index in [0.717, 1.165) is 73.2 Å². The van der Waals surface area contributed by atoms with Crippen molar-refractivity contribution < 1.29 is 9.47 Å². The molecule has 0 saturated carbocycles. The lowest BCUT2D eigenvalue weighted by molar-refractivity contribution is 0.360. The molecule has 1 aliphatic carbocycles. The van der Waals surface area contributed by atoms with Gasteiger partial charge in [0.25, 0.3) is 0 Å². The molecular weight excluding hydrogens is 1110 g/mol. The second-order valence-electron chi connectivity index (χ2n) is 30.2. The lowest BCUT2D eigenvalue weighted by atomic mass is 9.42. The summed E-state index contributed by atoms with van der Waals surface area (Å²) in [4.78, 5) is 7.77. The summed E-state index contributed by atoms with van der Waals surface area (Å²) < 4.78 is 14.1. The molecule has 0 amide bonds. The Balaban J connectivity index is 1.11. The second kappa shape index (κ2) is 20.8. The van der Waals surface area contributed by atoms with Crippen molar-refractivity contribution in [2.75, 3.05) is 14.6 Å². The van der Waals surface area contributed by atoms with Gasteiger partial charge < -0.3 is 24.1 Å². The summed E-state index contributed by atoms with van der Waals surface area (Å²) in [5.74, 6) is 2.73. The zero-order chi connectivity index (χ0) is 63.3. The molecule has 0 atom stereocenters. The van der Waals surface area contributed by atoms with E-state index in [4.69, 9.17) is 9.47 Å². The Bertz CT molecular complexity index is 4650. The molecule has 0 spiro atoms. The number of hydrogen-bond acceptors (Lipinski definition) is 5. The molecule has 0 fully saturated rings. The summed E-state index contributed by atoms with van der Waals surface area (Å²) in [6.45, 7) is 32.2. The van der Waals surface area contributed by atoms with Crippen LogP contribution >= 0.6 is 0 Å². The van der Waals surface area contributed by atoms with E-state index in [2.05, 4.69) is 318 Å². The van der Waals surface area contributed by atoms with Crippen LogP contribution in [-0.4, -0.2) is 6.85 Å². The Kier molecular flexibility index (Phi) is 13.2. The molecule has 0 unspecified atom stereocenters. The second-order valence-corrected chi connectivity index (χ2v) is 30.2. The third kappa shape index (κ3) is 9.58. The van der Waals surface area contributed by atoms with Crippen LogP contribution in [0.4, 0.5) is 45.5 Å². The van der Waals surface area contributed by atoms with E-state index in [0.29, 0.717) is 23.0 Å². The molecule has 3 aliphatic heterocycles. The lowest BCUT2D eigenvalue weighted by Gasteiger charge is -2.48. The minimum Gasteiger partial charge on any atom is -0.450 e. The zero-order valence-electron chi connectivity index (χ0n) is 55.2. The maximum atomic E-state index is 7.10. The van der Waals surface area contributed by atoms with Crippen LogP contribution in [0.3, 0.4) is 0 Å². The van der Waals surface area contributed by atoms with Gasteiger partial charge in [-0.25, -0.2) is 0 Å². The number of ether oxygens (including phenoxy) is 2. The van der Waals surface area contributed by atoms with Gasteiger partial charge in [-0.1, -0.05) is 236 Å². The molecule has 0 saturated heterocycles. The molecular formula is C85H80BN3O2. The van der Waals surface area contributed by atoms with E-state index >= 15 is 0 Å². The van der Waals surface area contributed by atoms with Gasteiger partial charge in [0.15, 0.2) is 23.0 Å². The molecule has 0 N–H and O–H groups in total. The van der Waals surface area contributed by atoms with E-state index in [9.17, 15) is 0 Å². The molecule has 11 aromatic rings. The first-order valence-electron chi connectivity index (χ1n) is 32.5. The molecule has 450 valence electrons. The average Bonchev–Trinajstić information content (AvgIpc) is 1.67. The molecule has 0 bridgehead atoms. The summed E-state index contributed by atoms with van der Waals surface area (Å²) >= 11 is 0. The monoisotopic (exact) mass is 1190 g/mol. The van der Waals surface area contributed by atoms with Gasteiger partial charge in [0.2, 0.25) is 0 Å². The van der Waals surface area contributed by atoms with Crippen LogP contribution in [0.15, 0.2) is 231 Å². The normalized spacial score (nSPS) is 14.2. The number of hydrogen-bond donors (Lipinski definition) is 0. The van der Waals surface area contributed by atoms with E-state index in [1.54, 1.807) is 0 Å². The maximum Gasteiger partial charge on any atom is 0.333 e. The Labute approximate surface area is 539 Å². The topological polar surface area (TPSA) is 28.2 Å². The number of nitrogens with zero attached hydrogens (tertiary/aromatic N) is 3. The zero-order valence-corrected chi connectivity index (χ0v) is 55.2. The standard InChI is InChI=1S/C85H80BN3O2/c1-81(2,3)55-33-39-59(40-34-55)87(60-41-35-56(36-42-60)82(4,5)6)61-43-44-63-71(49-61)89(70-46-38-58(84(10,11)12)48-65(70)54-27-19-16-20-28-54)86-68-51-76-77(91-75-32-24-23-31-74(75)90-76)52-72(68)88(69-45-37-57(83(7,8)9)47-64(69)53-25-17-15-18-26-53)73-50-66-62-29-21-22-30-67(62)85(13,14)79(66)78(63)80(73)86/h15-52H,1-14H3. The Morgan fingerprint density at radius 2 is 0.824 bits per heavy atom. The third-order valence-corrected chi connectivity index (χ3v) is 19.7. The summed E-state index contributed by atoms with van der Waals surface area (Å²) in [5.41, 5.74) is 27.7. The molecule has 6 heteroatoms. The SMILES string of the molecule is CC(C)(C)c1ccc(N(c2ccc(C(C)(C)C)cc2)c2ccc3c(c2)N(c2ccc(C(C)(C)C)cc2-c2ccccc2)B2c4cc5c(cc4N(c4ccc(C(C)(C)C)cc4-c4ccccc4)c4cc6c(c-3c42)C(C)(C)c2ccccc2-6)Oc2ccccc2O5)cc1. The maximum absolute atomic E-state index is 7.10. The van der Waals surface area contributed by atoms with Crippen LogP contribution in [0.25, 0.3) is 44.5 Å². The Hall–Kier alpha value is -9.52. The average molecular weight is 1190 g/mol. The van der Waals surface area contributed by atoms with Gasteiger partial charge in [-0.2, -0.15) is 0 Å². The van der Waals surface area contributed by atoms with Crippen LogP contribution < -0.4 is 35.0 Å². The number of anilines is 8. The van der Waals surface area contributed by atoms with Gasteiger partial charge in [-0.3, -0.25) is 0 Å². The van der Waals surface area contributed by atoms with Crippen molar-refractivity contribution in [3.8, 4) is 67.5 Å². The van der Waals surface area contributed by atoms with E-state index in [1.807, 2.05) is 24.3 Å². The van der Waals surface area contributed by atoms with Gasteiger partial charge in [0, 0.05) is 68.0 Å². The van der Waals surface area contributed by atoms with Crippen LogP contribution in [0.1, 0.15) is 130 Å². The largest absolute Gasteiger partial charge is 0.450 e. The summed E-state index contributed by atoms with van der Waals surface area (Å²) in [5, 5.41) is 0. The predicted molar refractivity (Wildman–Crippen MR) is 385 cm³/mol. The van der Waals surface area contributed by atoms with Crippen molar-refractivity contribution in [2.24, 2.45) is 0 Å². The fourth-order valence-corrected chi connectivity index (χ4v) is 14.7. The van der Waals surface area contributed by atoms with Gasteiger partial charge in [-0.05, 0) is 179 Å². The van der Waals surface area contributed by atoms with Gasteiger partial charge in [-0.15, -0.1) is 0 Å². The quantitative estimate of drug-likeness (QED) is 0.148. The minimum atomic E-state index is -0.405. The van der Waals surface area contributed by atoms with E-state index in [1.165, 1.54) is 61.1 Å². The number of para-hydroxylation sites is 2. The van der Waals surface area contributed by atoms with Crippen LogP contribution in [0, 0.1) is 0 Å². The Morgan fingerprint density at radius 3 is 1.37 bits per heavy atom.